The van der Waals surface area contributed by atoms with Crippen molar-refractivity contribution >= 4 is 40.5 Å². The molecule has 5 rings (SSSR count). The lowest BCUT2D eigenvalue weighted by atomic mass is 10.0. The predicted octanol–water partition coefficient (Wildman–Crippen LogP) is 6.22. The Kier molecular flexibility index (Phi) is 5.83. The van der Waals surface area contributed by atoms with Crippen molar-refractivity contribution in [2.24, 2.45) is 0 Å². The Morgan fingerprint density at radius 2 is 1.94 bits per heavy atom. The number of nitrogens with zero attached hydrogens (tertiary/aromatic N) is 3. The Hall–Kier alpha value is -2.93. The van der Waals surface area contributed by atoms with Gasteiger partial charge in [0.2, 0.25) is 0 Å². The van der Waals surface area contributed by atoms with Gasteiger partial charge in [0.05, 0.1) is 16.8 Å². The number of halogens is 2. The summed E-state index contributed by atoms with van der Waals surface area (Å²) in [4.78, 5) is 10.9. The van der Waals surface area contributed by atoms with Gasteiger partial charge in [-0.1, -0.05) is 35.3 Å². The number of hydrogen-bond donors (Lipinski definition) is 1. The molecule has 0 amide bonds. The summed E-state index contributed by atoms with van der Waals surface area (Å²) in [5.41, 5.74) is 2.72. The van der Waals surface area contributed by atoms with Crippen LogP contribution in [0.3, 0.4) is 0 Å². The largest absolute Gasteiger partial charge is 0.459 e. The molecule has 1 saturated heterocycles. The zero-order chi connectivity index (χ0) is 22.1. The molecule has 0 aliphatic carbocycles. The second-order valence-electron chi connectivity index (χ2n) is 7.44. The van der Waals surface area contributed by atoms with Crippen LogP contribution in [-0.4, -0.2) is 20.0 Å². The van der Waals surface area contributed by atoms with E-state index in [0.717, 1.165) is 22.6 Å². The predicted molar refractivity (Wildman–Crippen MR) is 129 cm³/mol. The van der Waals surface area contributed by atoms with Crippen molar-refractivity contribution in [1.29, 1.82) is 0 Å². The van der Waals surface area contributed by atoms with Gasteiger partial charge in [-0.2, -0.15) is 0 Å². The van der Waals surface area contributed by atoms with E-state index in [1.165, 1.54) is 0 Å². The molecule has 0 unspecified atom stereocenters. The topological polar surface area (TPSA) is 54.2 Å². The maximum atomic E-state index is 6.41. The van der Waals surface area contributed by atoms with Crippen LogP contribution in [0.15, 0.2) is 83.7 Å². The van der Waals surface area contributed by atoms with Gasteiger partial charge < -0.3 is 14.6 Å². The summed E-state index contributed by atoms with van der Waals surface area (Å²) in [6.45, 7) is 0.589. The third-order valence-corrected chi connectivity index (χ3v) is 6.29. The summed E-state index contributed by atoms with van der Waals surface area (Å²) in [7, 11) is 0. The number of pyridine rings is 2. The lowest BCUT2D eigenvalue weighted by molar-refractivity contribution is 0.269. The molecule has 4 aromatic rings. The van der Waals surface area contributed by atoms with Crippen molar-refractivity contribution in [3.63, 3.8) is 0 Å². The highest BCUT2D eigenvalue weighted by Crippen LogP contribution is 2.42. The third kappa shape index (κ3) is 4.09. The Bertz CT molecular complexity index is 1250. The number of thiocarbonyl (C=S) groups is 1. The zero-order valence-corrected chi connectivity index (χ0v) is 19.1. The highest BCUT2D eigenvalue weighted by Gasteiger charge is 2.41. The molecule has 2 atom stereocenters. The molecule has 0 radical (unpaired) electrons. The monoisotopic (exact) mass is 480 g/mol. The minimum atomic E-state index is -0.197. The summed E-state index contributed by atoms with van der Waals surface area (Å²) in [5, 5.41) is 5.18. The lowest BCUT2D eigenvalue weighted by Crippen LogP contribution is -2.29. The Morgan fingerprint density at radius 3 is 2.69 bits per heavy atom. The van der Waals surface area contributed by atoms with E-state index in [9.17, 15) is 0 Å². The van der Waals surface area contributed by atoms with E-state index in [0.29, 0.717) is 27.5 Å². The van der Waals surface area contributed by atoms with E-state index in [2.05, 4.69) is 20.2 Å². The number of aromatic nitrogens is 2. The van der Waals surface area contributed by atoms with E-state index < -0.39 is 0 Å². The van der Waals surface area contributed by atoms with Gasteiger partial charge in [-0.05, 0) is 66.3 Å². The number of nitrogens with one attached hydrogen (secondary N) is 1. The fourth-order valence-electron chi connectivity index (χ4n) is 3.92. The van der Waals surface area contributed by atoms with Gasteiger partial charge in [-0.25, -0.2) is 0 Å². The molecule has 160 valence electrons. The van der Waals surface area contributed by atoms with Crippen LogP contribution in [0.1, 0.15) is 29.1 Å². The summed E-state index contributed by atoms with van der Waals surface area (Å²) in [6, 6.07) is 18.7. The summed E-state index contributed by atoms with van der Waals surface area (Å²) in [5.74, 6) is 1.43. The average Bonchev–Trinajstić information content (AvgIpc) is 3.40. The van der Waals surface area contributed by atoms with E-state index in [-0.39, 0.29) is 12.1 Å². The van der Waals surface area contributed by atoms with Crippen molar-refractivity contribution in [3.05, 3.63) is 106 Å². The van der Waals surface area contributed by atoms with Crippen LogP contribution in [0.2, 0.25) is 10.0 Å². The quantitative estimate of drug-likeness (QED) is 0.342. The zero-order valence-electron chi connectivity index (χ0n) is 16.8. The van der Waals surface area contributed by atoms with Gasteiger partial charge >= 0.3 is 0 Å². The number of hydrogen-bond acceptors (Lipinski definition) is 4. The van der Waals surface area contributed by atoms with Gasteiger partial charge in [-0.3, -0.25) is 9.97 Å². The summed E-state index contributed by atoms with van der Waals surface area (Å²) >= 11 is 18.2. The van der Waals surface area contributed by atoms with Crippen LogP contribution in [0.5, 0.6) is 0 Å². The summed E-state index contributed by atoms with van der Waals surface area (Å²) in [6.07, 6.45) is 5.38. The lowest BCUT2D eigenvalue weighted by Gasteiger charge is -2.26. The number of rotatable bonds is 5. The SMILES string of the molecule is S=C1N[C@@H](c2ccccn2)[C@H](c2ccc(-c3ccc(Cl)cc3Cl)o2)N1Cc1cccnc1. The van der Waals surface area contributed by atoms with Crippen molar-refractivity contribution in [1.82, 2.24) is 20.2 Å². The molecule has 1 fully saturated rings. The molecule has 1 aliphatic rings. The minimum Gasteiger partial charge on any atom is -0.459 e. The standard InChI is InChI=1S/C24H18Cl2N4OS/c25-16-6-7-17(18(26)12-16)20-8-9-21(31-20)23-22(19-5-1-2-11-28-19)29-24(32)30(23)14-15-4-3-10-27-13-15/h1-13,22-23H,14H2,(H,29,32)/t22-,23-/m0/s1. The fourth-order valence-corrected chi connectivity index (χ4v) is 4.73. The van der Waals surface area contributed by atoms with Crippen molar-refractivity contribution in [3.8, 4) is 11.3 Å². The number of benzene rings is 1. The molecule has 1 aromatic carbocycles. The van der Waals surface area contributed by atoms with Gasteiger partial charge in [-0.15, -0.1) is 0 Å². The van der Waals surface area contributed by atoms with E-state index in [4.69, 9.17) is 39.8 Å². The first-order valence-electron chi connectivity index (χ1n) is 10.0. The first-order chi connectivity index (χ1) is 15.6. The molecular formula is C24H18Cl2N4OS. The minimum absolute atomic E-state index is 0.167. The van der Waals surface area contributed by atoms with Gasteiger partial charge in [0.1, 0.15) is 17.6 Å². The first-order valence-corrected chi connectivity index (χ1v) is 11.2. The second kappa shape index (κ2) is 8.90. The molecule has 8 heteroatoms. The number of furan rings is 1. The maximum absolute atomic E-state index is 6.41. The smallest absolute Gasteiger partial charge is 0.170 e. The van der Waals surface area contributed by atoms with Gasteiger partial charge in [0.15, 0.2) is 5.11 Å². The third-order valence-electron chi connectivity index (χ3n) is 5.39. The van der Waals surface area contributed by atoms with Crippen LogP contribution >= 0.6 is 35.4 Å². The maximum Gasteiger partial charge on any atom is 0.170 e. The summed E-state index contributed by atoms with van der Waals surface area (Å²) < 4.78 is 6.33. The van der Waals surface area contributed by atoms with E-state index in [1.807, 2.05) is 54.7 Å². The molecular weight excluding hydrogens is 463 g/mol. The molecule has 1 aliphatic heterocycles. The molecule has 4 heterocycles. The van der Waals surface area contributed by atoms with Gasteiger partial charge in [0.25, 0.3) is 0 Å². The molecule has 32 heavy (non-hydrogen) atoms. The van der Waals surface area contributed by atoms with E-state index >= 15 is 0 Å². The highest BCUT2D eigenvalue weighted by molar-refractivity contribution is 7.80. The normalized spacial score (nSPS) is 18.1. The fraction of sp³-hybridized carbons (Fsp3) is 0.125. The van der Waals surface area contributed by atoms with Gasteiger partial charge in [0, 0.05) is 35.7 Å². The van der Waals surface area contributed by atoms with Crippen LogP contribution < -0.4 is 5.32 Å². The molecule has 1 N–H and O–H groups in total. The van der Waals surface area contributed by atoms with Crippen molar-refractivity contribution in [2.75, 3.05) is 0 Å². The second-order valence-corrected chi connectivity index (χ2v) is 8.67. The van der Waals surface area contributed by atoms with E-state index in [1.54, 1.807) is 24.5 Å². The van der Waals surface area contributed by atoms with Crippen LogP contribution in [0, 0.1) is 0 Å². The highest BCUT2D eigenvalue weighted by atomic mass is 35.5. The van der Waals surface area contributed by atoms with Crippen LogP contribution in [0.25, 0.3) is 11.3 Å². The van der Waals surface area contributed by atoms with Crippen molar-refractivity contribution in [2.45, 2.75) is 18.6 Å². The molecule has 5 nitrogen and oxygen atoms in total. The molecule has 0 spiro atoms. The van der Waals surface area contributed by atoms with Crippen molar-refractivity contribution < 1.29 is 4.42 Å². The first kappa shape index (κ1) is 20.9. The average molecular weight is 481 g/mol. The molecule has 3 aromatic heterocycles. The van der Waals surface area contributed by atoms with Crippen LogP contribution in [-0.2, 0) is 6.54 Å². The Balaban J connectivity index is 1.55. The van der Waals surface area contributed by atoms with Crippen LogP contribution in [0.4, 0.5) is 0 Å². The Labute approximate surface area is 201 Å². The molecule has 0 saturated carbocycles. The Morgan fingerprint density at radius 1 is 1.03 bits per heavy atom. The molecule has 0 bridgehead atoms.